The molecule has 44 heavy (non-hydrogen) atoms. The summed E-state index contributed by atoms with van der Waals surface area (Å²) in [6.45, 7) is 7.53. The molecule has 0 bridgehead atoms. The summed E-state index contributed by atoms with van der Waals surface area (Å²) in [5, 5.41) is 11.6. The second-order valence-corrected chi connectivity index (χ2v) is 12.4. The van der Waals surface area contributed by atoms with E-state index in [1.807, 2.05) is 46.0 Å². The molecule has 1 amide bonds. The van der Waals surface area contributed by atoms with E-state index in [9.17, 15) is 9.18 Å². The second kappa shape index (κ2) is 12.7. The SMILES string of the molecule is COc1cc(C)c(-c2cc3c(N[C@H]4CC[C@H](NC(=O)OC(C)(C)C)CC4)c(/C(N)=N/c4cc(F)ccc4Cl)cnn3c2)cn1. The van der Waals surface area contributed by atoms with Gasteiger partial charge in [-0.25, -0.2) is 23.7 Å². The van der Waals surface area contributed by atoms with Crippen molar-refractivity contribution in [3.8, 4) is 17.0 Å². The van der Waals surface area contributed by atoms with E-state index in [4.69, 9.17) is 26.8 Å². The van der Waals surface area contributed by atoms with Gasteiger partial charge in [0.2, 0.25) is 5.88 Å². The van der Waals surface area contributed by atoms with Crippen LogP contribution in [-0.4, -0.2) is 51.3 Å². The van der Waals surface area contributed by atoms with Crippen LogP contribution in [0.25, 0.3) is 16.6 Å². The van der Waals surface area contributed by atoms with E-state index in [2.05, 4.69) is 25.7 Å². The number of pyridine rings is 1. The number of aryl methyl sites for hydroxylation is 1. The number of aromatic nitrogens is 3. The Kier molecular flexibility index (Phi) is 8.96. The zero-order valence-corrected chi connectivity index (χ0v) is 26.2. The molecule has 0 atom stereocenters. The number of carbonyl (C=O) groups is 1. The standard InChI is InChI=1S/C32H37ClFN7O3/c1-18-12-28(43-5)36-15-23(18)19-13-27-29(38-21-7-9-22(10-8-21)39-31(42)44-32(2,3)4)24(16-37-41(27)17-19)30(35)40-26-14-20(34)6-11-25(26)33/h6,11-17,21-22,38H,7-10H2,1-5H3,(H2,35,40)(H,39,42)/t21-,22-. The first-order valence-corrected chi connectivity index (χ1v) is 14.9. The summed E-state index contributed by atoms with van der Waals surface area (Å²) >= 11 is 6.29. The van der Waals surface area contributed by atoms with Gasteiger partial charge in [-0.05, 0) is 77.1 Å². The Morgan fingerprint density at radius 3 is 2.55 bits per heavy atom. The molecule has 1 aliphatic rings. The molecule has 1 fully saturated rings. The van der Waals surface area contributed by atoms with E-state index in [1.165, 1.54) is 18.2 Å². The summed E-state index contributed by atoms with van der Waals surface area (Å²) in [6.07, 6.45) is 8.09. The van der Waals surface area contributed by atoms with Gasteiger partial charge in [0.15, 0.2) is 0 Å². The number of nitrogens with zero attached hydrogens (tertiary/aromatic N) is 4. The molecule has 10 nitrogen and oxygen atoms in total. The number of anilines is 1. The highest BCUT2D eigenvalue weighted by molar-refractivity contribution is 6.33. The molecular formula is C32H37ClFN7O3. The number of fused-ring (bicyclic) bond motifs is 1. The third-order valence-corrected chi connectivity index (χ3v) is 7.78. The van der Waals surface area contributed by atoms with Gasteiger partial charge in [-0.15, -0.1) is 0 Å². The van der Waals surface area contributed by atoms with Crippen LogP contribution in [0.15, 0.2) is 53.9 Å². The molecule has 12 heteroatoms. The van der Waals surface area contributed by atoms with Crippen molar-refractivity contribution in [1.29, 1.82) is 0 Å². The number of amidine groups is 1. The molecule has 3 aromatic heterocycles. The fourth-order valence-electron chi connectivity index (χ4n) is 5.32. The Labute approximate surface area is 260 Å². The van der Waals surface area contributed by atoms with E-state index in [0.29, 0.717) is 11.4 Å². The van der Waals surface area contributed by atoms with Crippen LogP contribution >= 0.6 is 11.6 Å². The minimum atomic E-state index is -0.556. The average Bonchev–Trinajstić information content (AvgIpc) is 3.39. The number of halogens is 2. The monoisotopic (exact) mass is 621 g/mol. The molecule has 0 unspecified atom stereocenters. The third-order valence-electron chi connectivity index (χ3n) is 7.46. The number of hydrogen-bond acceptors (Lipinski definition) is 7. The number of aliphatic imine (C=N–C) groups is 1. The van der Waals surface area contributed by atoms with Crippen molar-refractivity contribution in [2.75, 3.05) is 12.4 Å². The summed E-state index contributed by atoms with van der Waals surface area (Å²) in [4.78, 5) is 21.2. The van der Waals surface area contributed by atoms with Crippen molar-refractivity contribution in [1.82, 2.24) is 19.9 Å². The maximum absolute atomic E-state index is 14.0. The Balaban J connectivity index is 1.47. The number of hydrogen-bond donors (Lipinski definition) is 3. The van der Waals surface area contributed by atoms with Gasteiger partial charge in [0.05, 0.1) is 40.8 Å². The van der Waals surface area contributed by atoms with Crippen molar-refractivity contribution in [2.45, 2.75) is 71.1 Å². The zero-order chi connectivity index (χ0) is 31.6. The number of nitrogens with two attached hydrogens (primary N) is 1. The first kappa shape index (κ1) is 31.1. The van der Waals surface area contributed by atoms with E-state index >= 15 is 0 Å². The van der Waals surface area contributed by atoms with Crippen LogP contribution in [-0.2, 0) is 4.74 Å². The normalized spacial score (nSPS) is 17.4. The second-order valence-electron chi connectivity index (χ2n) is 12.0. The molecule has 1 aromatic carbocycles. The first-order chi connectivity index (χ1) is 20.9. The number of nitrogens with one attached hydrogen (secondary N) is 2. The highest BCUT2D eigenvalue weighted by Gasteiger charge is 2.26. The van der Waals surface area contributed by atoms with Crippen molar-refractivity contribution < 1.29 is 18.7 Å². The lowest BCUT2D eigenvalue weighted by atomic mass is 9.91. The Morgan fingerprint density at radius 2 is 1.86 bits per heavy atom. The molecular weight excluding hydrogens is 585 g/mol. The minimum Gasteiger partial charge on any atom is -0.481 e. The highest BCUT2D eigenvalue weighted by Crippen LogP contribution is 2.34. The van der Waals surface area contributed by atoms with Gasteiger partial charge in [0.25, 0.3) is 0 Å². The van der Waals surface area contributed by atoms with Gasteiger partial charge in [-0.3, -0.25) is 0 Å². The number of rotatable bonds is 7. The van der Waals surface area contributed by atoms with Gasteiger partial charge in [-0.1, -0.05) is 11.6 Å². The predicted molar refractivity (Wildman–Crippen MR) is 171 cm³/mol. The van der Waals surface area contributed by atoms with Gasteiger partial charge < -0.3 is 25.8 Å². The smallest absolute Gasteiger partial charge is 0.407 e. The van der Waals surface area contributed by atoms with Gasteiger partial charge >= 0.3 is 6.09 Å². The number of benzene rings is 1. The summed E-state index contributed by atoms with van der Waals surface area (Å²) in [6, 6.07) is 7.96. The zero-order valence-electron chi connectivity index (χ0n) is 25.4. The fraction of sp³-hybridized carbons (Fsp3) is 0.375. The van der Waals surface area contributed by atoms with Crippen molar-refractivity contribution in [2.24, 2.45) is 10.7 Å². The van der Waals surface area contributed by atoms with E-state index in [-0.39, 0.29) is 28.6 Å². The lowest BCUT2D eigenvalue weighted by Crippen LogP contribution is -2.42. The maximum atomic E-state index is 14.0. The van der Waals surface area contributed by atoms with Crippen LogP contribution in [0.2, 0.25) is 5.02 Å². The first-order valence-electron chi connectivity index (χ1n) is 14.5. The molecule has 1 saturated carbocycles. The average molecular weight is 622 g/mol. The lowest BCUT2D eigenvalue weighted by molar-refractivity contribution is 0.0492. The van der Waals surface area contributed by atoms with Crippen LogP contribution < -0.4 is 21.1 Å². The largest absolute Gasteiger partial charge is 0.481 e. The number of alkyl carbamates (subject to hydrolysis) is 1. The summed E-state index contributed by atoms with van der Waals surface area (Å²) < 4.78 is 26.5. The molecule has 0 aliphatic heterocycles. The summed E-state index contributed by atoms with van der Waals surface area (Å²) in [5.74, 6) is 0.208. The topological polar surface area (TPSA) is 128 Å². The predicted octanol–water partition coefficient (Wildman–Crippen LogP) is 6.79. The molecule has 232 valence electrons. The number of ether oxygens (including phenoxy) is 2. The third kappa shape index (κ3) is 7.21. The minimum absolute atomic E-state index is 0.0204. The maximum Gasteiger partial charge on any atom is 0.407 e. The Hall–Kier alpha value is -4.38. The Bertz CT molecular complexity index is 1710. The molecule has 0 saturated heterocycles. The number of methoxy groups -OCH3 is 1. The van der Waals surface area contributed by atoms with Crippen molar-refractivity contribution in [3.63, 3.8) is 0 Å². The van der Waals surface area contributed by atoms with Crippen LogP contribution in [0.1, 0.15) is 57.6 Å². The fourth-order valence-corrected chi connectivity index (χ4v) is 5.48. The van der Waals surface area contributed by atoms with Crippen LogP contribution in [0.3, 0.4) is 0 Å². The molecule has 0 radical (unpaired) electrons. The van der Waals surface area contributed by atoms with Crippen LogP contribution in [0.5, 0.6) is 5.88 Å². The molecule has 3 heterocycles. The highest BCUT2D eigenvalue weighted by atomic mass is 35.5. The van der Waals surface area contributed by atoms with E-state index in [1.54, 1.807) is 24.0 Å². The summed E-state index contributed by atoms with van der Waals surface area (Å²) in [7, 11) is 1.58. The van der Waals surface area contributed by atoms with Crippen LogP contribution in [0, 0.1) is 12.7 Å². The van der Waals surface area contributed by atoms with Crippen LogP contribution in [0.4, 0.5) is 20.6 Å². The van der Waals surface area contributed by atoms with E-state index in [0.717, 1.165) is 53.6 Å². The van der Waals surface area contributed by atoms with Gasteiger partial charge in [0, 0.05) is 47.7 Å². The Morgan fingerprint density at radius 1 is 1.14 bits per heavy atom. The summed E-state index contributed by atoms with van der Waals surface area (Å²) in [5.41, 5.74) is 11.1. The lowest BCUT2D eigenvalue weighted by Gasteiger charge is -2.31. The van der Waals surface area contributed by atoms with Gasteiger partial charge in [-0.2, -0.15) is 5.10 Å². The molecule has 0 spiro atoms. The number of carbonyl (C=O) groups excluding carboxylic acids is 1. The number of amides is 1. The quantitative estimate of drug-likeness (QED) is 0.153. The van der Waals surface area contributed by atoms with Crippen molar-refractivity contribution >= 4 is 40.4 Å². The molecule has 1 aliphatic carbocycles. The van der Waals surface area contributed by atoms with Gasteiger partial charge in [0.1, 0.15) is 17.3 Å². The van der Waals surface area contributed by atoms with Crippen molar-refractivity contribution in [3.05, 3.63) is 70.9 Å². The molecule has 4 aromatic rings. The molecule has 5 rings (SSSR count). The molecule has 4 N–H and O–H groups in total. The van der Waals surface area contributed by atoms with E-state index < -0.39 is 17.5 Å².